The highest BCUT2D eigenvalue weighted by molar-refractivity contribution is 5.66. The molecule has 1 fully saturated rings. The average Bonchev–Trinajstić information content (AvgIpc) is 2.79. The molecule has 2 rings (SSSR count). The van der Waals surface area contributed by atoms with Crippen molar-refractivity contribution in [2.75, 3.05) is 13.7 Å². The Morgan fingerprint density at radius 3 is 2.68 bits per heavy atom. The van der Waals surface area contributed by atoms with Crippen molar-refractivity contribution in [2.24, 2.45) is 0 Å². The van der Waals surface area contributed by atoms with Crippen molar-refractivity contribution in [3.05, 3.63) is 32.6 Å². The molecular weight excluding hydrogens is 296 g/mol. The van der Waals surface area contributed by atoms with Crippen molar-refractivity contribution in [3.63, 3.8) is 0 Å². The van der Waals surface area contributed by atoms with Gasteiger partial charge in [0.15, 0.2) is 12.3 Å². The fourth-order valence-electron chi connectivity index (χ4n) is 2.44. The van der Waals surface area contributed by atoms with Crippen LogP contribution in [0.25, 0.3) is 0 Å². The average molecular weight is 314 g/mol. The van der Waals surface area contributed by atoms with Gasteiger partial charge in [0, 0.05) is 25.8 Å². The number of aliphatic hydroxyl groups is 1. The molecule has 1 aromatic heterocycles. The van der Waals surface area contributed by atoms with Crippen molar-refractivity contribution in [2.45, 2.75) is 38.4 Å². The Balaban J connectivity index is 2.43. The molecule has 9 nitrogen and oxygen atoms in total. The Bertz CT molecular complexity index is 665. The summed E-state index contributed by atoms with van der Waals surface area (Å²) in [7, 11) is 1.38. The predicted molar refractivity (Wildman–Crippen MR) is 73.4 cm³/mol. The first kappa shape index (κ1) is 16.4. The minimum Gasteiger partial charge on any atom is -0.457 e. The number of aliphatic hydroxyl groups excluding tert-OH is 1. The summed E-state index contributed by atoms with van der Waals surface area (Å²) < 4.78 is 17.1. The highest BCUT2D eigenvalue weighted by atomic mass is 16.6. The Labute approximate surface area is 125 Å². The number of hydrogen-bond acceptors (Lipinski definition) is 7. The number of carbonyl (C=O) groups excluding carboxylic acids is 1. The van der Waals surface area contributed by atoms with E-state index in [1.54, 1.807) is 6.92 Å². The third-order valence-corrected chi connectivity index (χ3v) is 3.46. The van der Waals surface area contributed by atoms with E-state index in [9.17, 15) is 19.5 Å². The zero-order valence-electron chi connectivity index (χ0n) is 12.4. The zero-order valence-corrected chi connectivity index (χ0v) is 12.4. The lowest BCUT2D eigenvalue weighted by atomic mass is 10.1. The fraction of sp³-hybridized carbons (Fsp3) is 0.615. The van der Waals surface area contributed by atoms with Gasteiger partial charge in [-0.3, -0.25) is 19.1 Å². The molecule has 122 valence electrons. The van der Waals surface area contributed by atoms with E-state index in [2.05, 4.69) is 4.98 Å². The number of nitrogens with one attached hydrogen (secondary N) is 1. The molecule has 0 spiro atoms. The Morgan fingerprint density at radius 1 is 1.45 bits per heavy atom. The number of aryl methyl sites for hydroxylation is 1. The molecular formula is C13H18N2O7. The number of aromatic amines is 1. The fourth-order valence-corrected chi connectivity index (χ4v) is 2.44. The highest BCUT2D eigenvalue weighted by Gasteiger charge is 2.48. The Hall–Kier alpha value is -1.97. The smallest absolute Gasteiger partial charge is 0.330 e. The molecule has 0 unspecified atom stereocenters. The third-order valence-electron chi connectivity index (χ3n) is 3.46. The topological polar surface area (TPSA) is 120 Å². The number of rotatable bonds is 4. The number of esters is 1. The molecule has 1 aliphatic rings. The molecule has 1 aromatic rings. The van der Waals surface area contributed by atoms with Crippen LogP contribution in [0, 0.1) is 6.92 Å². The summed E-state index contributed by atoms with van der Waals surface area (Å²) in [6, 6.07) is 0. The molecule has 22 heavy (non-hydrogen) atoms. The van der Waals surface area contributed by atoms with Crippen LogP contribution in [0.2, 0.25) is 0 Å². The van der Waals surface area contributed by atoms with Gasteiger partial charge in [-0.15, -0.1) is 0 Å². The minimum absolute atomic E-state index is 0.314. The second-order valence-electron chi connectivity index (χ2n) is 5.00. The molecule has 0 aromatic carbocycles. The van der Waals surface area contributed by atoms with E-state index < -0.39 is 48.4 Å². The van der Waals surface area contributed by atoms with Gasteiger partial charge in [-0.25, -0.2) is 4.79 Å². The largest absolute Gasteiger partial charge is 0.457 e. The number of hydrogen-bond donors (Lipinski definition) is 2. The zero-order chi connectivity index (χ0) is 16.4. The maximum atomic E-state index is 12.0. The summed E-state index contributed by atoms with van der Waals surface area (Å²) in [5, 5.41) is 9.38. The van der Waals surface area contributed by atoms with Crippen molar-refractivity contribution in [3.8, 4) is 0 Å². The summed E-state index contributed by atoms with van der Waals surface area (Å²) in [5.41, 5.74) is -0.860. The monoisotopic (exact) mass is 314 g/mol. The van der Waals surface area contributed by atoms with Gasteiger partial charge in [0.2, 0.25) is 0 Å². The molecule has 1 saturated heterocycles. The van der Waals surface area contributed by atoms with Gasteiger partial charge in [0.25, 0.3) is 5.56 Å². The number of ether oxygens (including phenoxy) is 3. The first-order chi connectivity index (χ1) is 10.4. The van der Waals surface area contributed by atoms with Gasteiger partial charge in [0.1, 0.15) is 12.2 Å². The summed E-state index contributed by atoms with van der Waals surface area (Å²) in [5.74, 6) is -0.556. The number of methoxy groups -OCH3 is 1. The highest BCUT2D eigenvalue weighted by Crippen LogP contribution is 2.32. The lowest BCUT2D eigenvalue weighted by molar-refractivity contribution is -0.154. The van der Waals surface area contributed by atoms with Crippen LogP contribution in [0.15, 0.2) is 15.8 Å². The van der Waals surface area contributed by atoms with E-state index in [4.69, 9.17) is 14.2 Å². The summed E-state index contributed by atoms with van der Waals surface area (Å²) >= 11 is 0. The van der Waals surface area contributed by atoms with Crippen LogP contribution in [0.3, 0.4) is 0 Å². The van der Waals surface area contributed by atoms with E-state index in [1.165, 1.54) is 20.2 Å². The Kier molecular flexibility index (Phi) is 4.79. The quantitative estimate of drug-likeness (QED) is 0.661. The maximum Gasteiger partial charge on any atom is 0.330 e. The van der Waals surface area contributed by atoms with Gasteiger partial charge in [-0.05, 0) is 6.92 Å². The van der Waals surface area contributed by atoms with Crippen LogP contribution >= 0.6 is 0 Å². The molecule has 0 amide bonds. The van der Waals surface area contributed by atoms with Gasteiger partial charge in [0.05, 0.1) is 6.61 Å². The van der Waals surface area contributed by atoms with Gasteiger partial charge in [-0.1, -0.05) is 0 Å². The second-order valence-corrected chi connectivity index (χ2v) is 5.00. The van der Waals surface area contributed by atoms with E-state index in [0.717, 1.165) is 4.57 Å². The van der Waals surface area contributed by atoms with Crippen molar-refractivity contribution in [1.82, 2.24) is 9.55 Å². The SMILES string of the molecule is CO[C@@H]1[C@H](OC(C)=O)[C@@H](CO)O[C@H]1n1cc(C)c(=O)[nH]c1=O. The van der Waals surface area contributed by atoms with Crippen LogP contribution in [0.4, 0.5) is 0 Å². The summed E-state index contributed by atoms with van der Waals surface area (Å²) in [4.78, 5) is 36.8. The molecule has 0 bridgehead atoms. The van der Waals surface area contributed by atoms with Crippen LogP contribution in [-0.4, -0.2) is 52.7 Å². The van der Waals surface area contributed by atoms with Crippen LogP contribution < -0.4 is 11.2 Å². The van der Waals surface area contributed by atoms with Crippen molar-refractivity contribution >= 4 is 5.97 Å². The maximum absolute atomic E-state index is 12.0. The predicted octanol–water partition coefficient (Wildman–Crippen LogP) is -1.32. The van der Waals surface area contributed by atoms with Gasteiger partial charge >= 0.3 is 11.7 Å². The minimum atomic E-state index is -0.936. The molecule has 1 aliphatic heterocycles. The lowest BCUT2D eigenvalue weighted by Crippen LogP contribution is -2.41. The standard InChI is InChI=1S/C13H18N2O7/c1-6-4-15(13(19)14-11(6)18)12-10(20-3)9(21-7(2)17)8(5-16)22-12/h4,8-10,12,16H,5H2,1-3H3,(H,14,18,19)/t8-,9-,10-,12-/m1/s1. The third kappa shape index (κ3) is 2.96. The number of nitrogens with zero attached hydrogens (tertiary/aromatic N) is 1. The molecule has 0 aliphatic carbocycles. The molecule has 2 heterocycles. The summed E-state index contributed by atoms with van der Waals surface area (Å²) in [6.07, 6.45) is -2.10. The van der Waals surface area contributed by atoms with Crippen molar-refractivity contribution in [1.29, 1.82) is 0 Å². The molecule has 0 saturated carbocycles. The van der Waals surface area contributed by atoms with E-state index in [0.29, 0.717) is 5.56 Å². The number of aromatic nitrogens is 2. The van der Waals surface area contributed by atoms with Crippen LogP contribution in [0.5, 0.6) is 0 Å². The van der Waals surface area contributed by atoms with Crippen LogP contribution in [0.1, 0.15) is 18.7 Å². The second kappa shape index (κ2) is 6.42. The lowest BCUT2D eigenvalue weighted by Gasteiger charge is -2.22. The molecule has 2 N–H and O–H groups in total. The van der Waals surface area contributed by atoms with E-state index >= 15 is 0 Å². The normalized spacial score (nSPS) is 27.8. The molecule has 4 atom stereocenters. The number of carbonyl (C=O) groups is 1. The molecule has 9 heteroatoms. The van der Waals surface area contributed by atoms with Gasteiger partial charge < -0.3 is 19.3 Å². The van der Waals surface area contributed by atoms with Gasteiger partial charge in [-0.2, -0.15) is 0 Å². The Morgan fingerprint density at radius 2 is 2.14 bits per heavy atom. The van der Waals surface area contributed by atoms with Crippen molar-refractivity contribution < 1.29 is 24.1 Å². The number of H-pyrrole nitrogens is 1. The first-order valence-corrected chi connectivity index (χ1v) is 6.67. The summed E-state index contributed by atoms with van der Waals surface area (Å²) in [6.45, 7) is 2.36. The first-order valence-electron chi connectivity index (χ1n) is 6.67. The van der Waals surface area contributed by atoms with Crippen LogP contribution in [-0.2, 0) is 19.0 Å². The van der Waals surface area contributed by atoms with E-state index in [-0.39, 0.29) is 0 Å². The van der Waals surface area contributed by atoms with E-state index in [1.807, 2.05) is 0 Å². The molecule has 0 radical (unpaired) electrons.